The van der Waals surface area contributed by atoms with Gasteiger partial charge in [0.15, 0.2) is 0 Å². The van der Waals surface area contributed by atoms with E-state index in [0.29, 0.717) is 6.54 Å². The van der Waals surface area contributed by atoms with E-state index in [1.54, 1.807) is 0 Å². The molecule has 0 aromatic heterocycles. The van der Waals surface area contributed by atoms with Gasteiger partial charge in [0, 0.05) is 32.1 Å². The van der Waals surface area contributed by atoms with Gasteiger partial charge in [-0.1, -0.05) is 13.8 Å². The van der Waals surface area contributed by atoms with Gasteiger partial charge in [-0.2, -0.15) is 0 Å². The lowest BCUT2D eigenvalue weighted by Gasteiger charge is -2.35. The summed E-state index contributed by atoms with van der Waals surface area (Å²) in [5.74, 6) is 0.156. The van der Waals surface area contributed by atoms with Crippen molar-refractivity contribution in [2.75, 3.05) is 26.2 Å². The molecule has 1 aliphatic heterocycles. The van der Waals surface area contributed by atoms with Gasteiger partial charge in [-0.05, 0) is 0 Å². The molecule has 1 fully saturated rings. The number of hydrogen-bond donors (Lipinski definition) is 2. The SMILES string of the molecule is CC(C)C(=O)NCCN1CC(O)C1. The van der Waals surface area contributed by atoms with Crippen LogP contribution in [0.15, 0.2) is 0 Å². The fourth-order valence-corrected chi connectivity index (χ4v) is 1.27. The molecule has 0 aromatic rings. The van der Waals surface area contributed by atoms with Crippen molar-refractivity contribution in [1.82, 2.24) is 10.2 Å². The van der Waals surface area contributed by atoms with Crippen molar-refractivity contribution < 1.29 is 9.90 Å². The summed E-state index contributed by atoms with van der Waals surface area (Å²) in [6, 6.07) is 0. The maximum Gasteiger partial charge on any atom is 0.222 e. The van der Waals surface area contributed by atoms with E-state index in [-0.39, 0.29) is 17.9 Å². The maximum atomic E-state index is 11.1. The third-order valence-corrected chi connectivity index (χ3v) is 2.19. The van der Waals surface area contributed by atoms with Gasteiger partial charge in [-0.15, -0.1) is 0 Å². The Morgan fingerprint density at radius 1 is 1.62 bits per heavy atom. The number of aliphatic hydroxyl groups excluding tert-OH is 1. The van der Waals surface area contributed by atoms with Gasteiger partial charge in [0.2, 0.25) is 5.91 Å². The molecule has 1 rings (SSSR count). The van der Waals surface area contributed by atoms with Crippen molar-refractivity contribution in [2.24, 2.45) is 5.92 Å². The van der Waals surface area contributed by atoms with E-state index in [1.807, 2.05) is 13.8 Å². The van der Waals surface area contributed by atoms with Crippen LogP contribution in [0.4, 0.5) is 0 Å². The minimum absolute atomic E-state index is 0.0574. The molecule has 1 heterocycles. The molecule has 4 nitrogen and oxygen atoms in total. The second kappa shape index (κ2) is 4.58. The molecule has 0 bridgehead atoms. The van der Waals surface area contributed by atoms with Crippen LogP contribution >= 0.6 is 0 Å². The Kier molecular flexibility index (Phi) is 3.69. The number of carbonyl (C=O) groups is 1. The van der Waals surface area contributed by atoms with Crippen molar-refractivity contribution in [2.45, 2.75) is 20.0 Å². The summed E-state index contributed by atoms with van der Waals surface area (Å²) in [5, 5.41) is 11.8. The van der Waals surface area contributed by atoms with Gasteiger partial charge in [-0.25, -0.2) is 0 Å². The number of amides is 1. The Balaban J connectivity index is 1.98. The van der Waals surface area contributed by atoms with E-state index in [9.17, 15) is 4.79 Å². The Morgan fingerprint density at radius 3 is 2.69 bits per heavy atom. The normalized spacial score (nSPS) is 18.8. The van der Waals surface area contributed by atoms with Crippen LogP contribution < -0.4 is 5.32 Å². The molecule has 2 N–H and O–H groups in total. The molecule has 0 unspecified atom stereocenters. The largest absolute Gasteiger partial charge is 0.390 e. The molecule has 0 aromatic carbocycles. The van der Waals surface area contributed by atoms with E-state index < -0.39 is 0 Å². The number of nitrogens with zero attached hydrogens (tertiary/aromatic N) is 1. The van der Waals surface area contributed by atoms with Crippen LogP contribution in [0.25, 0.3) is 0 Å². The van der Waals surface area contributed by atoms with E-state index in [1.165, 1.54) is 0 Å². The zero-order valence-corrected chi connectivity index (χ0v) is 8.29. The number of hydrogen-bond acceptors (Lipinski definition) is 3. The Morgan fingerprint density at radius 2 is 2.23 bits per heavy atom. The zero-order valence-electron chi connectivity index (χ0n) is 8.29. The van der Waals surface area contributed by atoms with Crippen LogP contribution in [0.1, 0.15) is 13.8 Å². The Labute approximate surface area is 78.9 Å². The molecule has 1 aliphatic rings. The second-order valence-corrected chi connectivity index (χ2v) is 3.86. The van der Waals surface area contributed by atoms with Crippen LogP contribution in [-0.4, -0.2) is 48.2 Å². The Bertz CT molecular complexity index is 176. The highest BCUT2D eigenvalue weighted by molar-refractivity contribution is 5.77. The first kappa shape index (κ1) is 10.5. The van der Waals surface area contributed by atoms with Crippen LogP contribution in [0.3, 0.4) is 0 Å². The topological polar surface area (TPSA) is 52.6 Å². The van der Waals surface area contributed by atoms with Gasteiger partial charge in [-0.3, -0.25) is 9.69 Å². The number of carbonyl (C=O) groups excluding carboxylic acids is 1. The van der Waals surface area contributed by atoms with Crippen molar-refractivity contribution in [3.8, 4) is 0 Å². The zero-order chi connectivity index (χ0) is 9.84. The molecule has 0 radical (unpaired) electrons. The number of likely N-dealkylation sites (tertiary alicyclic amines) is 1. The monoisotopic (exact) mass is 186 g/mol. The third-order valence-electron chi connectivity index (χ3n) is 2.19. The highest BCUT2D eigenvalue weighted by Crippen LogP contribution is 2.04. The first-order chi connectivity index (χ1) is 6.09. The number of aliphatic hydroxyl groups is 1. The first-order valence-electron chi connectivity index (χ1n) is 4.77. The lowest BCUT2D eigenvalue weighted by atomic mass is 10.2. The van der Waals surface area contributed by atoms with Gasteiger partial charge in [0.1, 0.15) is 0 Å². The summed E-state index contributed by atoms with van der Waals surface area (Å²) in [7, 11) is 0. The minimum atomic E-state index is -0.152. The number of nitrogens with one attached hydrogen (secondary N) is 1. The molecule has 4 heteroatoms. The van der Waals surface area contributed by atoms with Crippen molar-refractivity contribution in [1.29, 1.82) is 0 Å². The van der Waals surface area contributed by atoms with Crippen LogP contribution in [0.2, 0.25) is 0 Å². The van der Waals surface area contributed by atoms with Crippen LogP contribution in [0.5, 0.6) is 0 Å². The summed E-state index contributed by atoms with van der Waals surface area (Å²) in [6.45, 7) is 6.78. The number of rotatable bonds is 4. The smallest absolute Gasteiger partial charge is 0.222 e. The highest BCUT2D eigenvalue weighted by atomic mass is 16.3. The van der Waals surface area contributed by atoms with E-state index in [0.717, 1.165) is 19.6 Å². The predicted octanol–water partition coefficient (Wildman–Crippen LogP) is -0.565. The van der Waals surface area contributed by atoms with Crippen LogP contribution in [0, 0.1) is 5.92 Å². The summed E-state index contributed by atoms with van der Waals surface area (Å²) < 4.78 is 0. The fourth-order valence-electron chi connectivity index (χ4n) is 1.27. The summed E-state index contributed by atoms with van der Waals surface area (Å²) >= 11 is 0. The molecule has 1 saturated heterocycles. The average molecular weight is 186 g/mol. The summed E-state index contributed by atoms with van der Waals surface area (Å²) in [6.07, 6.45) is -0.152. The lowest BCUT2D eigenvalue weighted by molar-refractivity contribution is -0.124. The standard InChI is InChI=1S/C9H18N2O2/c1-7(2)9(13)10-3-4-11-5-8(12)6-11/h7-8,12H,3-6H2,1-2H3,(H,10,13). The molecule has 0 spiro atoms. The predicted molar refractivity (Wildman–Crippen MR) is 50.3 cm³/mol. The maximum absolute atomic E-state index is 11.1. The van der Waals surface area contributed by atoms with E-state index in [2.05, 4.69) is 10.2 Å². The molecule has 1 amide bonds. The fraction of sp³-hybridized carbons (Fsp3) is 0.889. The molecule has 76 valence electrons. The molecule has 0 atom stereocenters. The molecule has 0 aliphatic carbocycles. The molecule has 0 saturated carbocycles. The Hall–Kier alpha value is -0.610. The van der Waals surface area contributed by atoms with E-state index >= 15 is 0 Å². The third kappa shape index (κ3) is 3.32. The molecular weight excluding hydrogens is 168 g/mol. The summed E-state index contributed by atoms with van der Waals surface area (Å²) in [4.78, 5) is 13.2. The molecular formula is C9H18N2O2. The van der Waals surface area contributed by atoms with E-state index in [4.69, 9.17) is 5.11 Å². The van der Waals surface area contributed by atoms with Gasteiger partial charge >= 0.3 is 0 Å². The number of β-amino-alcohol motifs (C(OH)–C–C–N with tert-alkyl or cyclic N) is 1. The highest BCUT2D eigenvalue weighted by Gasteiger charge is 2.23. The quantitative estimate of drug-likeness (QED) is 0.618. The van der Waals surface area contributed by atoms with Crippen molar-refractivity contribution >= 4 is 5.91 Å². The van der Waals surface area contributed by atoms with Gasteiger partial charge in [0.25, 0.3) is 0 Å². The van der Waals surface area contributed by atoms with Gasteiger partial charge in [0.05, 0.1) is 6.10 Å². The van der Waals surface area contributed by atoms with Crippen LogP contribution in [-0.2, 0) is 4.79 Å². The second-order valence-electron chi connectivity index (χ2n) is 3.86. The first-order valence-corrected chi connectivity index (χ1v) is 4.77. The van der Waals surface area contributed by atoms with Crippen molar-refractivity contribution in [3.05, 3.63) is 0 Å². The summed E-state index contributed by atoms with van der Waals surface area (Å²) in [5.41, 5.74) is 0. The van der Waals surface area contributed by atoms with Gasteiger partial charge < -0.3 is 10.4 Å². The average Bonchev–Trinajstić information content (AvgIpc) is 2.00. The van der Waals surface area contributed by atoms with Crippen molar-refractivity contribution in [3.63, 3.8) is 0 Å². The minimum Gasteiger partial charge on any atom is -0.390 e. The molecule has 13 heavy (non-hydrogen) atoms. The lowest BCUT2D eigenvalue weighted by Crippen LogP contribution is -2.52.